The van der Waals surface area contributed by atoms with Crippen LogP contribution >= 0.6 is 0 Å². The van der Waals surface area contributed by atoms with Gasteiger partial charge in [0.25, 0.3) is 5.56 Å². The van der Waals surface area contributed by atoms with Crippen molar-refractivity contribution >= 4 is 5.82 Å². The van der Waals surface area contributed by atoms with E-state index in [1.165, 1.54) is 12.8 Å². The Morgan fingerprint density at radius 1 is 1.08 bits per heavy atom. The van der Waals surface area contributed by atoms with Crippen molar-refractivity contribution in [2.45, 2.75) is 63.5 Å². The van der Waals surface area contributed by atoms with Gasteiger partial charge in [-0.15, -0.1) is 0 Å². The third-order valence-electron chi connectivity index (χ3n) is 4.99. The second-order valence-electron chi connectivity index (χ2n) is 7.01. The fourth-order valence-corrected chi connectivity index (χ4v) is 3.51. The van der Waals surface area contributed by atoms with Crippen molar-refractivity contribution in [2.24, 2.45) is 0 Å². The summed E-state index contributed by atoms with van der Waals surface area (Å²) >= 11 is 0. The topological polar surface area (TPSA) is 72.7 Å². The summed E-state index contributed by atoms with van der Waals surface area (Å²) in [5.74, 6) is 1.42. The van der Waals surface area contributed by atoms with Crippen molar-refractivity contribution in [1.29, 1.82) is 0 Å². The van der Waals surface area contributed by atoms with E-state index in [0.717, 1.165) is 42.9 Å². The summed E-state index contributed by atoms with van der Waals surface area (Å²) in [5.41, 5.74) is 2.03. The first-order valence-electron chi connectivity index (χ1n) is 8.84. The number of nitrogens with zero attached hydrogens (tertiary/aromatic N) is 4. The highest BCUT2D eigenvalue weighted by atomic mass is 16.1. The number of anilines is 1. The Labute approximate surface area is 141 Å². The van der Waals surface area contributed by atoms with E-state index in [2.05, 4.69) is 20.4 Å². The van der Waals surface area contributed by atoms with Crippen molar-refractivity contribution in [3.05, 3.63) is 46.3 Å². The molecule has 2 aliphatic rings. The SMILES string of the molecule is Cc1cncc(NC2CCC(n3nc(C4CC4)ccc3=O)CC2)n1. The lowest BCUT2D eigenvalue weighted by atomic mass is 9.91. The summed E-state index contributed by atoms with van der Waals surface area (Å²) in [6.45, 7) is 1.94. The van der Waals surface area contributed by atoms with E-state index in [-0.39, 0.29) is 11.6 Å². The zero-order valence-electron chi connectivity index (χ0n) is 14.0. The fourth-order valence-electron chi connectivity index (χ4n) is 3.51. The molecular weight excluding hydrogens is 302 g/mol. The van der Waals surface area contributed by atoms with Gasteiger partial charge in [-0.2, -0.15) is 5.10 Å². The summed E-state index contributed by atoms with van der Waals surface area (Å²) in [7, 11) is 0. The van der Waals surface area contributed by atoms with Gasteiger partial charge in [-0.05, 0) is 51.5 Å². The first-order chi connectivity index (χ1) is 11.7. The minimum atomic E-state index is 0.0281. The number of aryl methyl sites for hydroxylation is 1. The molecule has 2 fully saturated rings. The van der Waals surface area contributed by atoms with Crippen LogP contribution in [0.25, 0.3) is 0 Å². The van der Waals surface area contributed by atoms with Crippen molar-refractivity contribution < 1.29 is 0 Å². The molecule has 2 saturated carbocycles. The Kier molecular flexibility index (Phi) is 4.04. The van der Waals surface area contributed by atoms with Gasteiger partial charge in [-0.3, -0.25) is 9.78 Å². The molecule has 126 valence electrons. The number of hydrogen-bond donors (Lipinski definition) is 1. The summed E-state index contributed by atoms with van der Waals surface area (Å²) in [6, 6.07) is 4.20. The molecule has 0 unspecified atom stereocenters. The quantitative estimate of drug-likeness (QED) is 0.936. The molecule has 6 nitrogen and oxygen atoms in total. The van der Waals surface area contributed by atoms with Gasteiger partial charge in [-0.25, -0.2) is 9.67 Å². The third kappa shape index (κ3) is 3.32. The first-order valence-corrected chi connectivity index (χ1v) is 8.84. The van der Waals surface area contributed by atoms with Gasteiger partial charge < -0.3 is 5.32 Å². The smallest absolute Gasteiger partial charge is 0.267 e. The molecule has 6 heteroatoms. The van der Waals surface area contributed by atoms with Gasteiger partial charge in [0, 0.05) is 24.2 Å². The predicted octanol–water partition coefficient (Wildman–Crippen LogP) is 2.81. The molecule has 1 N–H and O–H groups in total. The average Bonchev–Trinajstić information content (AvgIpc) is 3.41. The van der Waals surface area contributed by atoms with E-state index in [1.54, 1.807) is 23.1 Å². The Hall–Kier alpha value is -2.24. The van der Waals surface area contributed by atoms with Crippen LogP contribution in [0.15, 0.2) is 29.3 Å². The monoisotopic (exact) mass is 325 g/mol. The lowest BCUT2D eigenvalue weighted by Crippen LogP contribution is -2.33. The second-order valence-corrected chi connectivity index (χ2v) is 7.01. The fraction of sp³-hybridized carbons (Fsp3) is 0.556. The maximum absolute atomic E-state index is 12.2. The van der Waals surface area contributed by atoms with Crippen LogP contribution in [0.3, 0.4) is 0 Å². The summed E-state index contributed by atoms with van der Waals surface area (Å²) in [6.07, 6.45) is 9.91. The predicted molar refractivity (Wildman–Crippen MR) is 92.2 cm³/mol. The van der Waals surface area contributed by atoms with Gasteiger partial charge in [0.1, 0.15) is 5.82 Å². The van der Waals surface area contributed by atoms with Crippen LogP contribution in [0, 0.1) is 6.92 Å². The average molecular weight is 325 g/mol. The standard InChI is InChI=1S/C18H23N5O/c1-12-10-19-11-17(20-12)21-14-4-6-15(7-5-14)23-18(24)9-8-16(22-23)13-2-3-13/h8-11,13-15H,2-7H2,1H3,(H,20,21). The normalized spacial score (nSPS) is 23.9. The van der Waals surface area contributed by atoms with Crippen molar-refractivity contribution in [2.75, 3.05) is 5.32 Å². The molecule has 2 aromatic heterocycles. The molecule has 0 radical (unpaired) electrons. The summed E-state index contributed by atoms with van der Waals surface area (Å²) < 4.78 is 1.73. The van der Waals surface area contributed by atoms with E-state index in [4.69, 9.17) is 0 Å². The zero-order valence-corrected chi connectivity index (χ0v) is 14.0. The largest absolute Gasteiger partial charge is 0.366 e. The molecule has 0 atom stereocenters. The Morgan fingerprint density at radius 3 is 2.58 bits per heavy atom. The molecule has 0 aliphatic heterocycles. The van der Waals surface area contributed by atoms with E-state index < -0.39 is 0 Å². The van der Waals surface area contributed by atoms with Crippen LogP contribution < -0.4 is 10.9 Å². The van der Waals surface area contributed by atoms with E-state index >= 15 is 0 Å². The number of nitrogens with one attached hydrogen (secondary N) is 1. The highest BCUT2D eigenvalue weighted by Gasteiger charge is 2.28. The maximum Gasteiger partial charge on any atom is 0.267 e. The molecule has 0 spiro atoms. The third-order valence-corrected chi connectivity index (χ3v) is 4.99. The molecule has 4 rings (SSSR count). The van der Waals surface area contributed by atoms with Crippen LogP contribution in [0.4, 0.5) is 5.82 Å². The van der Waals surface area contributed by atoms with Crippen LogP contribution in [0.2, 0.25) is 0 Å². The zero-order chi connectivity index (χ0) is 16.5. The molecule has 2 heterocycles. The second kappa shape index (κ2) is 6.34. The minimum absolute atomic E-state index is 0.0281. The van der Waals surface area contributed by atoms with Gasteiger partial charge >= 0.3 is 0 Å². The molecular formula is C18H23N5O. The lowest BCUT2D eigenvalue weighted by Gasteiger charge is -2.30. The molecule has 2 aromatic rings. The summed E-state index contributed by atoms with van der Waals surface area (Å²) in [4.78, 5) is 20.8. The van der Waals surface area contributed by atoms with E-state index in [0.29, 0.717) is 12.0 Å². The van der Waals surface area contributed by atoms with E-state index in [9.17, 15) is 4.79 Å². The summed E-state index contributed by atoms with van der Waals surface area (Å²) in [5, 5.41) is 8.11. The van der Waals surface area contributed by atoms with Gasteiger partial charge in [0.2, 0.25) is 0 Å². The molecule has 2 aliphatic carbocycles. The van der Waals surface area contributed by atoms with Crippen LogP contribution in [0.1, 0.15) is 61.9 Å². The number of hydrogen-bond acceptors (Lipinski definition) is 5. The van der Waals surface area contributed by atoms with Gasteiger partial charge in [0.05, 0.1) is 23.6 Å². The van der Waals surface area contributed by atoms with Gasteiger partial charge in [0.15, 0.2) is 0 Å². The van der Waals surface area contributed by atoms with Crippen LogP contribution in [0.5, 0.6) is 0 Å². The van der Waals surface area contributed by atoms with E-state index in [1.807, 2.05) is 13.0 Å². The molecule has 24 heavy (non-hydrogen) atoms. The highest BCUT2D eigenvalue weighted by molar-refractivity contribution is 5.33. The molecule has 0 saturated heterocycles. The Morgan fingerprint density at radius 2 is 1.88 bits per heavy atom. The van der Waals surface area contributed by atoms with Crippen LogP contribution in [-0.2, 0) is 0 Å². The molecule has 0 bridgehead atoms. The first kappa shape index (κ1) is 15.3. The van der Waals surface area contributed by atoms with Gasteiger partial charge in [-0.1, -0.05) is 0 Å². The Balaban J connectivity index is 1.41. The Bertz CT molecular complexity index is 775. The molecule has 0 aromatic carbocycles. The maximum atomic E-state index is 12.2. The van der Waals surface area contributed by atoms with Crippen molar-refractivity contribution in [1.82, 2.24) is 19.7 Å². The van der Waals surface area contributed by atoms with Crippen molar-refractivity contribution in [3.63, 3.8) is 0 Å². The number of aromatic nitrogens is 4. The lowest BCUT2D eigenvalue weighted by molar-refractivity contribution is 0.301. The number of rotatable bonds is 4. The van der Waals surface area contributed by atoms with Crippen LogP contribution in [-0.4, -0.2) is 25.8 Å². The highest BCUT2D eigenvalue weighted by Crippen LogP contribution is 2.38. The minimum Gasteiger partial charge on any atom is -0.366 e. The molecule has 0 amide bonds. The van der Waals surface area contributed by atoms with Crippen molar-refractivity contribution in [3.8, 4) is 0 Å².